The Bertz CT molecular complexity index is 369. The predicted molar refractivity (Wildman–Crippen MR) is 67.5 cm³/mol. The van der Waals surface area contributed by atoms with E-state index in [9.17, 15) is 4.79 Å². The van der Waals surface area contributed by atoms with E-state index in [-0.39, 0.29) is 6.42 Å². The first-order chi connectivity index (χ1) is 8.24. The zero-order valence-corrected chi connectivity index (χ0v) is 10.4. The van der Waals surface area contributed by atoms with Gasteiger partial charge >= 0.3 is 5.97 Å². The lowest BCUT2D eigenvalue weighted by Gasteiger charge is -2.08. The SMILES string of the molecule is O=C(O)Cc1ccc(SCC2CCCO2)cc1. The van der Waals surface area contributed by atoms with Crippen molar-refractivity contribution in [1.82, 2.24) is 0 Å². The van der Waals surface area contributed by atoms with Gasteiger partial charge in [0.05, 0.1) is 12.5 Å². The molecule has 1 aliphatic rings. The molecule has 0 aliphatic carbocycles. The third kappa shape index (κ3) is 4.06. The first-order valence-corrected chi connectivity index (χ1v) is 6.78. The maximum absolute atomic E-state index is 10.5. The summed E-state index contributed by atoms with van der Waals surface area (Å²) >= 11 is 1.77. The van der Waals surface area contributed by atoms with Gasteiger partial charge in [-0.3, -0.25) is 4.79 Å². The van der Waals surface area contributed by atoms with Crippen molar-refractivity contribution in [2.75, 3.05) is 12.4 Å². The molecule has 1 saturated heterocycles. The van der Waals surface area contributed by atoms with Crippen LogP contribution in [0.25, 0.3) is 0 Å². The summed E-state index contributed by atoms with van der Waals surface area (Å²) in [7, 11) is 0. The van der Waals surface area contributed by atoms with Crippen LogP contribution in [0.15, 0.2) is 29.2 Å². The second kappa shape index (κ2) is 6.07. The molecule has 0 amide bonds. The average molecular weight is 252 g/mol. The second-order valence-corrected chi connectivity index (χ2v) is 5.25. The molecule has 1 fully saturated rings. The van der Waals surface area contributed by atoms with Crippen LogP contribution in [0.1, 0.15) is 18.4 Å². The number of carbonyl (C=O) groups is 1. The van der Waals surface area contributed by atoms with E-state index in [4.69, 9.17) is 9.84 Å². The number of ether oxygens (including phenoxy) is 1. The van der Waals surface area contributed by atoms with Crippen molar-refractivity contribution in [1.29, 1.82) is 0 Å². The number of hydrogen-bond donors (Lipinski definition) is 1. The minimum atomic E-state index is -0.787. The van der Waals surface area contributed by atoms with E-state index < -0.39 is 5.97 Å². The van der Waals surface area contributed by atoms with Crippen molar-refractivity contribution in [2.45, 2.75) is 30.3 Å². The highest BCUT2D eigenvalue weighted by Crippen LogP contribution is 2.24. The minimum absolute atomic E-state index is 0.0939. The third-order valence-electron chi connectivity index (χ3n) is 2.74. The van der Waals surface area contributed by atoms with Crippen molar-refractivity contribution in [3.63, 3.8) is 0 Å². The molecule has 0 bridgehead atoms. The van der Waals surface area contributed by atoms with Gasteiger partial charge in [-0.1, -0.05) is 12.1 Å². The monoisotopic (exact) mass is 252 g/mol. The normalized spacial score (nSPS) is 19.4. The maximum Gasteiger partial charge on any atom is 0.307 e. The first kappa shape index (κ1) is 12.5. The van der Waals surface area contributed by atoms with Gasteiger partial charge in [-0.25, -0.2) is 0 Å². The van der Waals surface area contributed by atoms with Crippen LogP contribution in [0, 0.1) is 0 Å². The fraction of sp³-hybridized carbons (Fsp3) is 0.462. The van der Waals surface area contributed by atoms with E-state index in [1.54, 1.807) is 11.8 Å². The van der Waals surface area contributed by atoms with Gasteiger partial charge in [0.2, 0.25) is 0 Å². The molecular weight excluding hydrogens is 236 g/mol. The molecule has 1 aliphatic heterocycles. The van der Waals surface area contributed by atoms with Crippen LogP contribution >= 0.6 is 11.8 Å². The summed E-state index contributed by atoms with van der Waals surface area (Å²) in [6, 6.07) is 7.73. The van der Waals surface area contributed by atoms with Crippen LogP contribution in [0.3, 0.4) is 0 Å². The van der Waals surface area contributed by atoms with Crippen LogP contribution in [-0.4, -0.2) is 29.5 Å². The fourth-order valence-corrected chi connectivity index (χ4v) is 2.81. The molecule has 3 nitrogen and oxygen atoms in total. The highest BCUT2D eigenvalue weighted by Gasteiger charge is 2.15. The number of carboxylic acids is 1. The molecular formula is C13H16O3S. The van der Waals surface area contributed by atoms with Crippen molar-refractivity contribution in [3.05, 3.63) is 29.8 Å². The van der Waals surface area contributed by atoms with Gasteiger partial charge in [0.15, 0.2) is 0 Å². The number of hydrogen-bond acceptors (Lipinski definition) is 3. The van der Waals surface area contributed by atoms with E-state index >= 15 is 0 Å². The Kier molecular flexibility index (Phi) is 4.45. The second-order valence-electron chi connectivity index (χ2n) is 4.16. The van der Waals surface area contributed by atoms with Crippen molar-refractivity contribution in [2.24, 2.45) is 0 Å². The molecule has 1 heterocycles. The molecule has 1 N–H and O–H groups in total. The summed E-state index contributed by atoms with van der Waals surface area (Å²) in [5.74, 6) is 0.197. The molecule has 4 heteroatoms. The molecule has 2 rings (SSSR count). The number of rotatable bonds is 5. The molecule has 0 saturated carbocycles. The number of thioether (sulfide) groups is 1. The summed E-state index contributed by atoms with van der Waals surface area (Å²) in [5.41, 5.74) is 0.846. The molecule has 0 radical (unpaired) electrons. The fourth-order valence-electron chi connectivity index (χ4n) is 1.84. The lowest BCUT2D eigenvalue weighted by molar-refractivity contribution is -0.136. The van der Waals surface area contributed by atoms with Gasteiger partial charge in [0.25, 0.3) is 0 Å². The Hall–Kier alpha value is -1.00. The zero-order chi connectivity index (χ0) is 12.1. The summed E-state index contributed by atoms with van der Waals surface area (Å²) in [6.45, 7) is 0.892. The van der Waals surface area contributed by atoms with Crippen LogP contribution in [0.4, 0.5) is 0 Å². The maximum atomic E-state index is 10.5. The zero-order valence-electron chi connectivity index (χ0n) is 9.59. The lowest BCUT2D eigenvalue weighted by atomic mass is 10.2. The van der Waals surface area contributed by atoms with Crippen LogP contribution in [-0.2, 0) is 16.0 Å². The standard InChI is InChI=1S/C13H16O3S/c14-13(15)8-10-3-5-12(6-4-10)17-9-11-2-1-7-16-11/h3-6,11H,1-2,7-9H2,(H,14,15). The highest BCUT2D eigenvalue weighted by atomic mass is 32.2. The predicted octanol–water partition coefficient (Wildman–Crippen LogP) is 2.58. The molecule has 0 aromatic heterocycles. The number of carboxylic acid groups (broad SMARTS) is 1. The third-order valence-corrected chi connectivity index (χ3v) is 3.88. The Morgan fingerprint density at radius 3 is 2.76 bits per heavy atom. The van der Waals surface area contributed by atoms with Crippen molar-refractivity contribution in [3.8, 4) is 0 Å². The minimum Gasteiger partial charge on any atom is -0.481 e. The Morgan fingerprint density at radius 1 is 1.41 bits per heavy atom. The molecule has 0 spiro atoms. The lowest BCUT2D eigenvalue weighted by Crippen LogP contribution is -2.07. The van der Waals surface area contributed by atoms with E-state index in [1.807, 2.05) is 24.3 Å². The molecule has 92 valence electrons. The van der Waals surface area contributed by atoms with E-state index in [0.29, 0.717) is 6.10 Å². The summed E-state index contributed by atoms with van der Waals surface area (Å²) in [4.78, 5) is 11.7. The molecule has 1 aromatic carbocycles. The summed E-state index contributed by atoms with van der Waals surface area (Å²) < 4.78 is 5.55. The molecule has 1 unspecified atom stereocenters. The van der Waals surface area contributed by atoms with Crippen LogP contribution in [0.2, 0.25) is 0 Å². The first-order valence-electron chi connectivity index (χ1n) is 5.79. The Balaban J connectivity index is 1.82. The molecule has 1 aromatic rings. The largest absolute Gasteiger partial charge is 0.481 e. The molecule has 17 heavy (non-hydrogen) atoms. The Morgan fingerprint density at radius 2 is 2.18 bits per heavy atom. The van der Waals surface area contributed by atoms with E-state index in [1.165, 1.54) is 11.3 Å². The van der Waals surface area contributed by atoms with Gasteiger partial charge in [0, 0.05) is 17.3 Å². The summed E-state index contributed by atoms with van der Waals surface area (Å²) in [5, 5.41) is 8.66. The van der Waals surface area contributed by atoms with E-state index in [0.717, 1.165) is 24.3 Å². The Labute approximate surface area is 105 Å². The quantitative estimate of drug-likeness (QED) is 0.818. The highest BCUT2D eigenvalue weighted by molar-refractivity contribution is 7.99. The number of aliphatic carboxylic acids is 1. The number of benzene rings is 1. The van der Waals surface area contributed by atoms with Gasteiger partial charge in [-0.05, 0) is 30.5 Å². The van der Waals surface area contributed by atoms with Crippen molar-refractivity contribution >= 4 is 17.7 Å². The average Bonchev–Trinajstić information content (AvgIpc) is 2.80. The van der Waals surface area contributed by atoms with Crippen LogP contribution in [0.5, 0.6) is 0 Å². The van der Waals surface area contributed by atoms with E-state index in [2.05, 4.69) is 0 Å². The molecule has 1 atom stereocenters. The van der Waals surface area contributed by atoms with Crippen molar-refractivity contribution < 1.29 is 14.6 Å². The van der Waals surface area contributed by atoms with Gasteiger partial charge < -0.3 is 9.84 Å². The van der Waals surface area contributed by atoms with Gasteiger partial charge in [-0.2, -0.15) is 0 Å². The van der Waals surface area contributed by atoms with Gasteiger partial charge in [-0.15, -0.1) is 11.8 Å². The smallest absolute Gasteiger partial charge is 0.307 e. The van der Waals surface area contributed by atoms with Crippen LogP contribution < -0.4 is 0 Å². The topological polar surface area (TPSA) is 46.5 Å². The summed E-state index contributed by atoms with van der Waals surface area (Å²) in [6.07, 6.45) is 2.81. The van der Waals surface area contributed by atoms with Gasteiger partial charge in [0.1, 0.15) is 0 Å².